The smallest absolute Gasteiger partial charge is 0.346 e. The molecule has 0 spiro atoms. The van der Waals surface area contributed by atoms with Crippen molar-refractivity contribution in [1.82, 2.24) is 5.32 Å². The minimum absolute atomic E-state index is 0.0120. The molecule has 0 saturated heterocycles. The van der Waals surface area contributed by atoms with Crippen molar-refractivity contribution >= 4 is 44.8 Å². The molecule has 146 valence electrons. The molecule has 2 N–H and O–H groups in total. The second-order valence-corrected chi connectivity index (χ2v) is 8.89. The Labute approximate surface area is 167 Å². The van der Waals surface area contributed by atoms with E-state index in [2.05, 4.69) is 26.6 Å². The fourth-order valence-electron chi connectivity index (χ4n) is 2.13. The third kappa shape index (κ3) is 5.10. The van der Waals surface area contributed by atoms with E-state index in [1.165, 1.54) is 24.3 Å². The molecule has 9 heteroatoms. The van der Waals surface area contributed by atoms with Gasteiger partial charge in [-0.2, -0.15) is 8.78 Å². The van der Waals surface area contributed by atoms with E-state index in [4.69, 9.17) is 0 Å². The van der Waals surface area contributed by atoms with Crippen LogP contribution in [0.15, 0.2) is 28.7 Å². The summed E-state index contributed by atoms with van der Waals surface area (Å²) < 4.78 is 42.3. The van der Waals surface area contributed by atoms with E-state index >= 15 is 0 Å². The summed E-state index contributed by atoms with van der Waals surface area (Å²) in [7, 11) is 0. The van der Waals surface area contributed by atoms with Gasteiger partial charge in [-0.25, -0.2) is 4.39 Å². The van der Waals surface area contributed by atoms with E-state index in [0.29, 0.717) is 22.6 Å². The number of thiophene rings is 1. The van der Waals surface area contributed by atoms with Crippen LogP contribution in [0.5, 0.6) is 0 Å². The molecule has 0 aliphatic heterocycles. The van der Waals surface area contributed by atoms with Crippen LogP contribution < -0.4 is 10.6 Å². The first-order valence-electron chi connectivity index (χ1n) is 7.89. The zero-order chi connectivity index (χ0) is 20.6. The second kappa shape index (κ2) is 7.63. The number of hydrogen-bond acceptors (Lipinski definition) is 3. The number of carbonyl (C=O) groups is 2. The Morgan fingerprint density at radius 3 is 2.33 bits per heavy atom. The maximum atomic E-state index is 14.5. The Bertz CT molecular complexity index is 891. The molecule has 1 heterocycles. The van der Waals surface area contributed by atoms with Crippen molar-refractivity contribution < 1.29 is 22.8 Å². The topological polar surface area (TPSA) is 58.2 Å². The molecule has 4 nitrogen and oxygen atoms in total. The van der Waals surface area contributed by atoms with Crippen LogP contribution in [0, 0.1) is 12.7 Å². The van der Waals surface area contributed by atoms with Crippen molar-refractivity contribution in [1.29, 1.82) is 0 Å². The van der Waals surface area contributed by atoms with Crippen LogP contribution in [-0.4, -0.2) is 17.4 Å². The van der Waals surface area contributed by atoms with Gasteiger partial charge in [-0.3, -0.25) is 9.59 Å². The molecule has 2 aromatic rings. The monoisotopic (exact) mass is 462 g/mol. The van der Waals surface area contributed by atoms with Crippen molar-refractivity contribution in [3.8, 4) is 0 Å². The highest BCUT2D eigenvalue weighted by Crippen LogP contribution is 2.40. The van der Waals surface area contributed by atoms with Gasteiger partial charge in [0.15, 0.2) is 0 Å². The van der Waals surface area contributed by atoms with Crippen LogP contribution in [-0.2, 0) is 10.7 Å². The molecule has 0 saturated carbocycles. The van der Waals surface area contributed by atoms with E-state index in [9.17, 15) is 22.8 Å². The Hall–Kier alpha value is -1.87. The Kier molecular flexibility index (Phi) is 6.06. The van der Waals surface area contributed by atoms with Crippen LogP contribution in [0.2, 0.25) is 0 Å². The highest BCUT2D eigenvalue weighted by molar-refractivity contribution is 9.10. The largest absolute Gasteiger partial charge is 0.359 e. The normalized spacial score (nSPS) is 12.0. The van der Waals surface area contributed by atoms with Crippen LogP contribution in [0.1, 0.15) is 40.9 Å². The van der Waals surface area contributed by atoms with E-state index in [1.807, 2.05) is 0 Å². The Morgan fingerprint density at radius 2 is 1.78 bits per heavy atom. The van der Waals surface area contributed by atoms with Crippen LogP contribution >= 0.6 is 27.3 Å². The first-order valence-corrected chi connectivity index (χ1v) is 9.50. The number of nitrogens with one attached hydrogen (secondary N) is 2. The molecule has 0 aliphatic rings. The van der Waals surface area contributed by atoms with Crippen molar-refractivity contribution in [3.05, 3.63) is 49.9 Å². The third-order valence-electron chi connectivity index (χ3n) is 3.39. The third-order valence-corrected chi connectivity index (χ3v) is 5.48. The van der Waals surface area contributed by atoms with E-state index in [1.54, 1.807) is 27.7 Å². The Morgan fingerprint density at radius 1 is 1.15 bits per heavy atom. The summed E-state index contributed by atoms with van der Waals surface area (Å²) in [4.78, 5) is 23.7. The summed E-state index contributed by atoms with van der Waals surface area (Å²) in [5.74, 6) is -6.30. The van der Waals surface area contributed by atoms with Gasteiger partial charge in [0.05, 0.1) is 9.75 Å². The van der Waals surface area contributed by atoms with Crippen molar-refractivity contribution in [2.24, 2.45) is 0 Å². The highest BCUT2D eigenvalue weighted by Gasteiger charge is 2.45. The van der Waals surface area contributed by atoms with Gasteiger partial charge in [-0.05, 0) is 73.5 Å². The van der Waals surface area contributed by atoms with Gasteiger partial charge in [0.1, 0.15) is 5.82 Å². The predicted molar refractivity (Wildman–Crippen MR) is 103 cm³/mol. The lowest BCUT2D eigenvalue weighted by Crippen LogP contribution is -2.47. The van der Waals surface area contributed by atoms with Crippen molar-refractivity contribution in [2.45, 2.75) is 39.2 Å². The maximum absolute atomic E-state index is 14.5. The van der Waals surface area contributed by atoms with Crippen LogP contribution in [0.3, 0.4) is 0 Å². The maximum Gasteiger partial charge on any atom is 0.359 e. The van der Waals surface area contributed by atoms with Gasteiger partial charge >= 0.3 is 5.92 Å². The predicted octanol–water partition coefficient (Wildman–Crippen LogP) is 5.22. The lowest BCUT2D eigenvalue weighted by atomic mass is 10.1. The van der Waals surface area contributed by atoms with Gasteiger partial charge in [-0.1, -0.05) is 0 Å². The summed E-state index contributed by atoms with van der Waals surface area (Å²) in [6.45, 7) is 6.31. The molecule has 0 radical (unpaired) electrons. The number of anilines is 1. The standard InChI is InChI=1S/C18H18BrF3N2O2S/c1-9-7-10(5-6-12(9)20)23-15(25)13-8-11(19)14(27-13)18(21,22)16(26)24-17(2,3)4/h5-8H,1-4H3,(H,23,25)(H,24,26). The highest BCUT2D eigenvalue weighted by atomic mass is 79.9. The number of aryl methyl sites for hydroxylation is 1. The number of carbonyl (C=O) groups excluding carboxylic acids is 2. The molecule has 0 atom stereocenters. The number of halogens is 4. The fourth-order valence-corrected chi connectivity index (χ4v) is 3.92. The van der Waals surface area contributed by atoms with Gasteiger partial charge < -0.3 is 10.6 Å². The molecule has 2 rings (SSSR count). The Balaban J connectivity index is 2.25. The van der Waals surface area contributed by atoms with Crippen molar-refractivity contribution in [3.63, 3.8) is 0 Å². The molecule has 0 aliphatic carbocycles. The molecular formula is C18H18BrF3N2O2S. The van der Waals surface area contributed by atoms with Crippen LogP contribution in [0.4, 0.5) is 18.9 Å². The molecular weight excluding hydrogens is 445 g/mol. The second-order valence-electron chi connectivity index (χ2n) is 6.98. The zero-order valence-electron chi connectivity index (χ0n) is 15.0. The molecule has 2 amide bonds. The summed E-state index contributed by atoms with van der Waals surface area (Å²) in [5, 5.41) is 4.76. The number of alkyl halides is 2. The zero-order valence-corrected chi connectivity index (χ0v) is 17.4. The summed E-state index contributed by atoms with van der Waals surface area (Å²) >= 11 is 3.51. The average molecular weight is 463 g/mol. The fraction of sp³-hybridized carbons (Fsp3) is 0.333. The van der Waals surface area contributed by atoms with Gasteiger partial charge in [0.2, 0.25) is 0 Å². The van der Waals surface area contributed by atoms with Crippen LogP contribution in [0.25, 0.3) is 0 Å². The van der Waals surface area contributed by atoms with Crippen molar-refractivity contribution in [2.75, 3.05) is 5.32 Å². The molecule has 0 bridgehead atoms. The van der Waals surface area contributed by atoms with E-state index < -0.39 is 34.0 Å². The summed E-state index contributed by atoms with van der Waals surface area (Å²) in [6.07, 6.45) is 0. The molecule has 0 fully saturated rings. The van der Waals surface area contributed by atoms with Gasteiger partial charge in [0.25, 0.3) is 11.8 Å². The lowest BCUT2D eigenvalue weighted by Gasteiger charge is -2.24. The number of rotatable bonds is 4. The van der Waals surface area contributed by atoms with E-state index in [-0.39, 0.29) is 9.35 Å². The first-order chi connectivity index (χ1) is 12.3. The summed E-state index contributed by atoms with van der Waals surface area (Å²) in [6, 6.07) is 5.23. The number of amides is 2. The SMILES string of the molecule is Cc1cc(NC(=O)c2cc(Br)c(C(F)(F)C(=O)NC(C)(C)C)s2)ccc1F. The lowest BCUT2D eigenvalue weighted by molar-refractivity contribution is -0.148. The van der Waals surface area contributed by atoms with E-state index in [0.717, 1.165) is 0 Å². The number of benzene rings is 1. The molecule has 1 aromatic carbocycles. The van der Waals surface area contributed by atoms with Gasteiger partial charge in [-0.15, -0.1) is 11.3 Å². The minimum Gasteiger partial charge on any atom is -0.346 e. The number of hydrogen-bond donors (Lipinski definition) is 2. The molecule has 1 aromatic heterocycles. The summed E-state index contributed by atoms with van der Waals surface area (Å²) in [5.41, 5.74) is -0.154. The van der Waals surface area contributed by atoms with Gasteiger partial charge in [0, 0.05) is 15.7 Å². The first kappa shape index (κ1) is 21.4. The minimum atomic E-state index is -3.80. The molecule has 0 unspecified atom stereocenters. The molecule has 27 heavy (non-hydrogen) atoms. The average Bonchev–Trinajstić information content (AvgIpc) is 2.92. The quantitative estimate of drug-likeness (QED) is 0.654.